The number of nitrogens with one attached hydrogen (secondary N) is 3. The Morgan fingerprint density at radius 3 is 2.05 bits per heavy atom. The van der Waals surface area contributed by atoms with Crippen molar-refractivity contribution in [2.24, 2.45) is 11.8 Å². The van der Waals surface area contributed by atoms with E-state index in [0.29, 0.717) is 24.8 Å². The zero-order chi connectivity index (χ0) is 15.8. The van der Waals surface area contributed by atoms with Gasteiger partial charge in [-0.25, -0.2) is 4.79 Å². The lowest BCUT2D eigenvalue weighted by Gasteiger charge is -2.33. The fourth-order valence-corrected chi connectivity index (χ4v) is 2.63. The summed E-state index contributed by atoms with van der Waals surface area (Å²) in [4.78, 5) is 23.8. The van der Waals surface area contributed by atoms with Crippen LogP contribution in [-0.4, -0.2) is 30.6 Å². The summed E-state index contributed by atoms with van der Waals surface area (Å²) in [5.41, 5.74) is 0. The van der Waals surface area contributed by atoms with Crippen molar-refractivity contribution in [1.82, 2.24) is 16.0 Å². The van der Waals surface area contributed by atoms with Gasteiger partial charge in [-0.2, -0.15) is 0 Å². The Morgan fingerprint density at radius 2 is 1.52 bits per heavy atom. The van der Waals surface area contributed by atoms with E-state index in [1.54, 1.807) is 0 Å². The van der Waals surface area contributed by atoms with Gasteiger partial charge in [-0.05, 0) is 24.7 Å². The molecule has 0 aliphatic heterocycles. The van der Waals surface area contributed by atoms with Crippen molar-refractivity contribution >= 4 is 11.9 Å². The summed E-state index contributed by atoms with van der Waals surface area (Å²) in [6, 6.07) is -0.0180. The Labute approximate surface area is 128 Å². The van der Waals surface area contributed by atoms with Crippen molar-refractivity contribution in [3.63, 3.8) is 0 Å². The lowest BCUT2D eigenvalue weighted by atomic mass is 9.90. The van der Waals surface area contributed by atoms with Crippen molar-refractivity contribution in [1.29, 1.82) is 0 Å². The number of hydrogen-bond acceptors (Lipinski definition) is 2. The highest BCUT2D eigenvalue weighted by molar-refractivity contribution is 5.77. The van der Waals surface area contributed by atoms with Crippen LogP contribution in [0.3, 0.4) is 0 Å². The Balaban J connectivity index is 2.45. The molecule has 122 valence electrons. The van der Waals surface area contributed by atoms with E-state index in [0.717, 1.165) is 25.7 Å². The van der Waals surface area contributed by atoms with Gasteiger partial charge in [0.05, 0.1) is 6.04 Å². The molecule has 21 heavy (non-hydrogen) atoms. The smallest absolute Gasteiger partial charge is 0.315 e. The maximum absolute atomic E-state index is 11.9. The van der Waals surface area contributed by atoms with Crippen LogP contribution in [0.5, 0.6) is 0 Å². The van der Waals surface area contributed by atoms with E-state index < -0.39 is 0 Å². The Bertz CT molecular complexity index is 342. The predicted octanol–water partition coefficient (Wildman–Crippen LogP) is 2.42. The molecule has 2 atom stereocenters. The third-order valence-corrected chi connectivity index (χ3v) is 3.69. The SMILES string of the molecule is CC(C)CNC(=O)NC1CCCCC1NC(=O)CC(C)C. The molecule has 0 bridgehead atoms. The van der Waals surface area contributed by atoms with E-state index in [2.05, 4.69) is 29.8 Å². The highest BCUT2D eigenvalue weighted by Gasteiger charge is 2.27. The number of rotatable bonds is 6. The maximum Gasteiger partial charge on any atom is 0.315 e. The lowest BCUT2D eigenvalue weighted by Crippen LogP contribution is -2.55. The van der Waals surface area contributed by atoms with E-state index in [1.165, 1.54) is 0 Å². The van der Waals surface area contributed by atoms with Crippen LogP contribution in [0.2, 0.25) is 0 Å². The standard InChI is InChI=1S/C16H31N3O2/c1-11(2)9-15(20)18-13-7-5-6-8-14(13)19-16(21)17-10-12(3)4/h11-14H,5-10H2,1-4H3,(H,18,20)(H2,17,19,21). The first-order valence-corrected chi connectivity index (χ1v) is 8.22. The molecule has 1 fully saturated rings. The number of urea groups is 1. The summed E-state index contributed by atoms with van der Waals surface area (Å²) in [6.45, 7) is 8.87. The van der Waals surface area contributed by atoms with E-state index in [1.807, 2.05) is 13.8 Å². The summed E-state index contributed by atoms with van der Waals surface area (Å²) in [5.74, 6) is 0.879. The molecule has 0 radical (unpaired) electrons. The second-order valence-corrected chi connectivity index (χ2v) is 6.91. The minimum Gasteiger partial charge on any atom is -0.351 e. The van der Waals surface area contributed by atoms with Gasteiger partial charge in [-0.3, -0.25) is 4.79 Å². The molecular formula is C16H31N3O2. The van der Waals surface area contributed by atoms with Crippen LogP contribution >= 0.6 is 0 Å². The van der Waals surface area contributed by atoms with Gasteiger partial charge in [-0.1, -0.05) is 40.5 Å². The largest absolute Gasteiger partial charge is 0.351 e. The van der Waals surface area contributed by atoms with Crippen molar-refractivity contribution in [3.8, 4) is 0 Å². The Kier molecular flexibility index (Phi) is 7.54. The number of carbonyl (C=O) groups excluding carboxylic acids is 2. The first-order chi connectivity index (χ1) is 9.88. The van der Waals surface area contributed by atoms with E-state index in [9.17, 15) is 9.59 Å². The topological polar surface area (TPSA) is 70.2 Å². The molecule has 3 N–H and O–H groups in total. The van der Waals surface area contributed by atoms with Gasteiger partial charge in [0.2, 0.25) is 5.91 Å². The van der Waals surface area contributed by atoms with Crippen molar-refractivity contribution in [2.45, 2.75) is 71.9 Å². The average Bonchev–Trinajstić information content (AvgIpc) is 2.37. The van der Waals surface area contributed by atoms with Crippen molar-refractivity contribution in [2.75, 3.05) is 6.54 Å². The third-order valence-electron chi connectivity index (χ3n) is 3.69. The van der Waals surface area contributed by atoms with Crippen LogP contribution < -0.4 is 16.0 Å². The third kappa shape index (κ3) is 7.34. The van der Waals surface area contributed by atoms with Gasteiger partial charge in [0.15, 0.2) is 0 Å². The first kappa shape index (κ1) is 17.8. The molecule has 1 saturated carbocycles. The van der Waals surface area contributed by atoms with Crippen LogP contribution in [0.25, 0.3) is 0 Å². The Hall–Kier alpha value is -1.26. The minimum atomic E-state index is -0.126. The van der Waals surface area contributed by atoms with Gasteiger partial charge in [0, 0.05) is 19.0 Å². The van der Waals surface area contributed by atoms with Crippen LogP contribution in [0.1, 0.15) is 59.8 Å². The summed E-state index contributed by atoms with van der Waals surface area (Å²) in [7, 11) is 0. The minimum absolute atomic E-state index is 0.0435. The summed E-state index contributed by atoms with van der Waals surface area (Å²) in [6.07, 6.45) is 4.63. The fourth-order valence-electron chi connectivity index (χ4n) is 2.63. The first-order valence-electron chi connectivity index (χ1n) is 8.22. The van der Waals surface area contributed by atoms with Gasteiger partial charge in [-0.15, -0.1) is 0 Å². The van der Waals surface area contributed by atoms with E-state index in [4.69, 9.17) is 0 Å². The van der Waals surface area contributed by atoms with Crippen LogP contribution in [0, 0.1) is 11.8 Å². The van der Waals surface area contributed by atoms with Gasteiger partial charge in [0.25, 0.3) is 0 Å². The molecule has 0 aromatic carbocycles. The fraction of sp³-hybridized carbons (Fsp3) is 0.875. The monoisotopic (exact) mass is 297 g/mol. The van der Waals surface area contributed by atoms with E-state index >= 15 is 0 Å². The normalized spacial score (nSPS) is 22.2. The molecule has 1 aliphatic rings. The molecule has 0 saturated heterocycles. The molecular weight excluding hydrogens is 266 g/mol. The zero-order valence-electron chi connectivity index (χ0n) is 13.9. The molecule has 2 unspecified atom stereocenters. The van der Waals surface area contributed by atoms with Crippen molar-refractivity contribution in [3.05, 3.63) is 0 Å². The number of amides is 3. The molecule has 3 amide bonds. The van der Waals surface area contributed by atoms with Crippen molar-refractivity contribution < 1.29 is 9.59 Å². The molecule has 5 nitrogen and oxygen atoms in total. The molecule has 5 heteroatoms. The van der Waals surface area contributed by atoms with Crippen LogP contribution in [0.15, 0.2) is 0 Å². The van der Waals surface area contributed by atoms with Gasteiger partial charge < -0.3 is 16.0 Å². The molecule has 0 heterocycles. The molecule has 0 aromatic rings. The maximum atomic E-state index is 11.9. The Morgan fingerprint density at radius 1 is 0.952 bits per heavy atom. The second-order valence-electron chi connectivity index (χ2n) is 6.91. The second kappa shape index (κ2) is 8.90. The zero-order valence-corrected chi connectivity index (χ0v) is 13.9. The molecule has 1 rings (SSSR count). The number of hydrogen-bond donors (Lipinski definition) is 3. The molecule has 0 spiro atoms. The van der Waals surface area contributed by atoms with Crippen LogP contribution in [0.4, 0.5) is 4.79 Å². The average molecular weight is 297 g/mol. The van der Waals surface area contributed by atoms with Gasteiger partial charge in [0.1, 0.15) is 0 Å². The molecule has 1 aliphatic carbocycles. The van der Waals surface area contributed by atoms with Crippen LogP contribution in [-0.2, 0) is 4.79 Å². The summed E-state index contributed by atoms with van der Waals surface area (Å²) in [5, 5.41) is 8.98. The predicted molar refractivity (Wildman–Crippen MR) is 85.0 cm³/mol. The quantitative estimate of drug-likeness (QED) is 0.704. The summed E-state index contributed by atoms with van der Waals surface area (Å²) < 4.78 is 0. The lowest BCUT2D eigenvalue weighted by molar-refractivity contribution is -0.122. The molecule has 0 aromatic heterocycles. The highest BCUT2D eigenvalue weighted by atomic mass is 16.2. The summed E-state index contributed by atoms with van der Waals surface area (Å²) >= 11 is 0. The van der Waals surface area contributed by atoms with E-state index in [-0.39, 0.29) is 24.0 Å². The van der Waals surface area contributed by atoms with Gasteiger partial charge >= 0.3 is 6.03 Å². The highest BCUT2D eigenvalue weighted by Crippen LogP contribution is 2.19. The number of carbonyl (C=O) groups is 2.